The zero-order valence-corrected chi connectivity index (χ0v) is 33.4. The van der Waals surface area contributed by atoms with Crippen molar-refractivity contribution < 1.29 is 48.1 Å². The molecule has 47 heavy (non-hydrogen) atoms. The minimum absolute atomic E-state index is 0. The summed E-state index contributed by atoms with van der Waals surface area (Å²) >= 11 is 0. The van der Waals surface area contributed by atoms with Crippen LogP contribution in [0.4, 0.5) is 0 Å². The predicted octanol–water partition coefficient (Wildman–Crippen LogP) is 12.5. The smallest absolute Gasteiger partial charge is 0.469 e. The van der Waals surface area contributed by atoms with Crippen molar-refractivity contribution in [3.05, 3.63) is 70.6 Å². The molecule has 2 heterocycles. The van der Waals surface area contributed by atoms with E-state index in [0.717, 1.165) is 30.1 Å². The molecule has 4 saturated carbocycles. The number of aliphatic hydroxyl groups is 1. The number of aliphatic hydroxyl groups excluding tert-OH is 1. The van der Waals surface area contributed by atoms with Gasteiger partial charge in [0.05, 0.1) is 12.5 Å². The monoisotopic (exact) mass is 740 g/mol. The molecule has 1 N–H and O–H groups in total. The summed E-state index contributed by atoms with van der Waals surface area (Å²) in [7, 11) is 0. The first-order valence-electron chi connectivity index (χ1n) is 18.2. The molecular formula is C41H74Fe2NO3-. The molecule has 4 aliphatic rings. The maximum atomic E-state index is 8.84. The maximum absolute atomic E-state index is 8.84. The fourth-order valence-electron chi connectivity index (χ4n) is 7.64. The van der Waals surface area contributed by atoms with Crippen LogP contribution in [0.25, 0.3) is 0 Å². The molecule has 0 aromatic carbocycles. The van der Waals surface area contributed by atoms with Crippen LogP contribution >= 0.6 is 0 Å². The second-order valence-corrected chi connectivity index (χ2v) is 13.2. The van der Waals surface area contributed by atoms with Crippen LogP contribution in [0, 0.1) is 34.1 Å². The van der Waals surface area contributed by atoms with Gasteiger partial charge in [0, 0.05) is 48.6 Å². The maximum Gasteiger partial charge on any atom is 2.00 e. The Morgan fingerprint density at radius 2 is 0.957 bits per heavy atom. The van der Waals surface area contributed by atoms with Crippen LogP contribution in [0.2, 0.25) is 0 Å². The summed E-state index contributed by atoms with van der Waals surface area (Å²) in [5.74, 6) is 5.84. The SMILES string of the molecule is CC.OCCCCCCN(CC1CCCC1)CC1CCCC1.[CH3-].[CH3-].[CH3-].[Fe+2].[Fe].c1coc(C2CCCC2)c1.c1coc(C2CCCC2)c1. The molecule has 0 bridgehead atoms. The normalized spacial score (nSPS) is 17.7. The summed E-state index contributed by atoms with van der Waals surface area (Å²) in [4.78, 5) is 2.80. The molecule has 6 heteroatoms. The van der Waals surface area contributed by atoms with Crippen molar-refractivity contribution in [1.82, 2.24) is 4.90 Å². The van der Waals surface area contributed by atoms with Gasteiger partial charge in [0.2, 0.25) is 0 Å². The Labute approximate surface area is 314 Å². The van der Waals surface area contributed by atoms with Gasteiger partial charge in [0.1, 0.15) is 11.5 Å². The molecule has 4 nitrogen and oxygen atoms in total. The summed E-state index contributed by atoms with van der Waals surface area (Å²) in [6.07, 6.45) is 31.0. The van der Waals surface area contributed by atoms with E-state index in [2.05, 4.69) is 17.0 Å². The van der Waals surface area contributed by atoms with E-state index < -0.39 is 0 Å². The third-order valence-electron chi connectivity index (χ3n) is 9.97. The topological polar surface area (TPSA) is 49.8 Å². The van der Waals surface area contributed by atoms with Crippen molar-refractivity contribution in [2.45, 2.75) is 154 Å². The molecule has 6 rings (SSSR count). The number of rotatable bonds is 12. The number of hydrogen-bond acceptors (Lipinski definition) is 4. The molecule has 0 spiro atoms. The Kier molecular flexibility index (Phi) is 35.4. The first-order valence-corrected chi connectivity index (χ1v) is 18.2. The molecular weight excluding hydrogens is 666 g/mol. The fraction of sp³-hybridized carbons (Fsp3) is 0.732. The second-order valence-electron chi connectivity index (χ2n) is 13.2. The van der Waals surface area contributed by atoms with Crippen LogP contribution in [-0.2, 0) is 34.1 Å². The van der Waals surface area contributed by atoms with Gasteiger partial charge in [-0.05, 0) is 107 Å². The van der Waals surface area contributed by atoms with E-state index in [1.54, 1.807) is 12.5 Å². The largest absolute Gasteiger partial charge is 2.00 e. The van der Waals surface area contributed by atoms with Crippen LogP contribution < -0.4 is 0 Å². The first-order chi connectivity index (χ1) is 20.8. The summed E-state index contributed by atoms with van der Waals surface area (Å²) < 4.78 is 10.6. The third-order valence-corrected chi connectivity index (χ3v) is 9.97. The predicted molar refractivity (Wildman–Crippen MR) is 196 cm³/mol. The zero-order valence-electron chi connectivity index (χ0n) is 31.2. The van der Waals surface area contributed by atoms with Gasteiger partial charge in [-0.1, -0.05) is 78.1 Å². The average Bonchev–Trinajstić information content (AvgIpc) is 3.88. The number of furan rings is 2. The van der Waals surface area contributed by atoms with Crippen molar-refractivity contribution in [2.24, 2.45) is 11.8 Å². The molecule has 0 aliphatic heterocycles. The fourth-order valence-corrected chi connectivity index (χ4v) is 7.64. The molecule has 0 atom stereocenters. The van der Waals surface area contributed by atoms with Crippen molar-refractivity contribution in [1.29, 1.82) is 0 Å². The standard InChI is InChI=1S/C18H35NO.2C9H12O.C2H6.3CH3.2Fe/c20-14-8-2-1-7-13-19(15-17-9-3-4-10-17)16-18-11-5-6-12-18;2*1-2-5-8(4-1)9-6-3-7-10-9;1-2;;;;;/h17-18,20H,1-16H2;2*3,6-8H,1-2,4-5H2;1-2H3;3*1H3;;/q;;;;3*-1;;+2. The van der Waals surface area contributed by atoms with Gasteiger partial charge in [0.15, 0.2) is 0 Å². The molecule has 0 saturated heterocycles. The number of nitrogens with zero attached hydrogens (tertiary/aromatic N) is 1. The molecule has 0 unspecified atom stereocenters. The average molecular weight is 741 g/mol. The summed E-state index contributed by atoms with van der Waals surface area (Å²) in [6, 6.07) is 8.15. The first kappa shape index (κ1) is 50.9. The molecule has 0 amide bonds. The van der Waals surface area contributed by atoms with Crippen LogP contribution in [0.3, 0.4) is 0 Å². The molecule has 0 radical (unpaired) electrons. The van der Waals surface area contributed by atoms with E-state index in [-0.39, 0.29) is 56.4 Å². The van der Waals surface area contributed by atoms with Crippen molar-refractivity contribution in [3.63, 3.8) is 0 Å². The van der Waals surface area contributed by atoms with E-state index >= 15 is 0 Å². The zero-order chi connectivity index (χ0) is 29.7. The van der Waals surface area contributed by atoms with Crippen molar-refractivity contribution in [3.8, 4) is 0 Å². The van der Waals surface area contributed by atoms with E-state index in [1.165, 1.54) is 153 Å². The Bertz CT molecular complexity index is 772. The summed E-state index contributed by atoms with van der Waals surface area (Å²) in [5.41, 5.74) is 0. The van der Waals surface area contributed by atoms with E-state index in [4.69, 9.17) is 13.9 Å². The summed E-state index contributed by atoms with van der Waals surface area (Å²) in [6.45, 7) is 8.42. The van der Waals surface area contributed by atoms with Gasteiger partial charge in [-0.25, -0.2) is 0 Å². The summed E-state index contributed by atoms with van der Waals surface area (Å²) in [5, 5.41) is 8.84. The Hall–Kier alpha value is -0.481. The van der Waals surface area contributed by atoms with E-state index in [0.29, 0.717) is 6.61 Å². The van der Waals surface area contributed by atoms with Crippen molar-refractivity contribution in [2.75, 3.05) is 26.2 Å². The van der Waals surface area contributed by atoms with Gasteiger partial charge in [0.25, 0.3) is 0 Å². The van der Waals surface area contributed by atoms with Crippen molar-refractivity contribution >= 4 is 0 Å². The molecule has 4 aliphatic carbocycles. The van der Waals surface area contributed by atoms with Crippen LogP contribution in [0.5, 0.6) is 0 Å². The van der Waals surface area contributed by atoms with Gasteiger partial charge >= 0.3 is 17.1 Å². The third kappa shape index (κ3) is 20.7. The van der Waals surface area contributed by atoms with Gasteiger partial charge in [-0.3, -0.25) is 0 Å². The van der Waals surface area contributed by atoms with Gasteiger partial charge in [-0.2, -0.15) is 0 Å². The Morgan fingerprint density at radius 3 is 1.30 bits per heavy atom. The van der Waals surface area contributed by atoms with E-state index in [9.17, 15) is 0 Å². The minimum atomic E-state index is 0. The van der Waals surface area contributed by atoms with Crippen LogP contribution in [-0.4, -0.2) is 36.2 Å². The van der Waals surface area contributed by atoms with Crippen LogP contribution in [0.15, 0.2) is 45.6 Å². The number of unbranched alkanes of at least 4 members (excludes halogenated alkanes) is 3. The number of hydrogen-bond donors (Lipinski definition) is 1. The quantitative estimate of drug-likeness (QED) is 0.134. The Morgan fingerprint density at radius 1 is 0.596 bits per heavy atom. The minimum Gasteiger partial charge on any atom is -0.469 e. The molecule has 2 aromatic heterocycles. The van der Waals surface area contributed by atoms with Crippen LogP contribution in [0.1, 0.15) is 166 Å². The second kappa shape index (κ2) is 32.7. The molecule has 2 aromatic rings. The van der Waals surface area contributed by atoms with Gasteiger partial charge in [-0.15, -0.1) is 0 Å². The Balaban J connectivity index is -0.000000614. The molecule has 4 fully saturated rings. The van der Waals surface area contributed by atoms with Gasteiger partial charge < -0.3 is 41.1 Å². The molecule has 278 valence electrons. The van der Waals surface area contributed by atoms with E-state index in [1.807, 2.05) is 26.0 Å².